The highest BCUT2D eigenvalue weighted by atomic mass is 35.5. The molecule has 0 saturated heterocycles. The van der Waals surface area contributed by atoms with E-state index < -0.39 is 0 Å². The lowest BCUT2D eigenvalue weighted by Gasteiger charge is -2.13. The van der Waals surface area contributed by atoms with Gasteiger partial charge in [0.25, 0.3) is 0 Å². The highest BCUT2D eigenvalue weighted by Gasteiger charge is 2.09. The molecule has 5 heteroatoms. The average molecular weight is 252 g/mol. The highest BCUT2D eigenvalue weighted by molar-refractivity contribution is 6.30. The van der Waals surface area contributed by atoms with Crippen LogP contribution in [-0.4, -0.2) is 10.3 Å². The Morgan fingerprint density at radius 2 is 2.24 bits per heavy atom. The number of rotatable bonds is 4. The third kappa shape index (κ3) is 3.05. The zero-order valence-corrected chi connectivity index (χ0v) is 10.5. The van der Waals surface area contributed by atoms with Gasteiger partial charge in [0.05, 0.1) is 0 Å². The van der Waals surface area contributed by atoms with Crippen LogP contribution < -0.4 is 5.32 Å². The smallest absolute Gasteiger partial charge is 0.121 e. The Bertz CT molecular complexity index is 498. The molecule has 2 rings (SSSR count). The standard InChI is InChI=1S/C12H14ClN3O/c1-8(10-4-3-5-11(13)6-10)14-7-12-9(2)15-17-16-12/h3-6,8,14H,7H2,1-2H3/t8-/m0/s1. The SMILES string of the molecule is Cc1nonc1CN[C@@H](C)c1cccc(Cl)c1. The molecule has 0 spiro atoms. The second-order valence-electron chi connectivity index (χ2n) is 3.95. The molecule has 1 aromatic carbocycles. The Balaban J connectivity index is 1.98. The van der Waals surface area contributed by atoms with Crippen molar-refractivity contribution in [3.05, 3.63) is 46.2 Å². The van der Waals surface area contributed by atoms with Crippen LogP contribution in [0, 0.1) is 6.92 Å². The van der Waals surface area contributed by atoms with Crippen LogP contribution in [0.3, 0.4) is 0 Å². The minimum atomic E-state index is 0.199. The summed E-state index contributed by atoms with van der Waals surface area (Å²) in [6.07, 6.45) is 0. The van der Waals surface area contributed by atoms with E-state index in [1.165, 1.54) is 0 Å². The van der Waals surface area contributed by atoms with Crippen molar-refractivity contribution in [2.45, 2.75) is 26.4 Å². The van der Waals surface area contributed by atoms with E-state index in [0.717, 1.165) is 22.0 Å². The second-order valence-corrected chi connectivity index (χ2v) is 4.39. The minimum absolute atomic E-state index is 0.199. The molecule has 2 aromatic rings. The lowest BCUT2D eigenvalue weighted by Crippen LogP contribution is -2.18. The molecule has 17 heavy (non-hydrogen) atoms. The summed E-state index contributed by atoms with van der Waals surface area (Å²) in [7, 11) is 0. The van der Waals surface area contributed by atoms with Gasteiger partial charge in [-0.15, -0.1) is 0 Å². The number of aryl methyl sites for hydroxylation is 1. The lowest BCUT2D eigenvalue weighted by atomic mass is 10.1. The van der Waals surface area contributed by atoms with E-state index in [9.17, 15) is 0 Å². The summed E-state index contributed by atoms with van der Waals surface area (Å²) in [5.74, 6) is 0. The Morgan fingerprint density at radius 3 is 2.88 bits per heavy atom. The third-order valence-electron chi connectivity index (χ3n) is 2.67. The molecule has 0 radical (unpaired) electrons. The van der Waals surface area contributed by atoms with Gasteiger partial charge in [0.2, 0.25) is 0 Å². The maximum Gasteiger partial charge on any atom is 0.121 e. The average Bonchev–Trinajstić information content (AvgIpc) is 2.72. The van der Waals surface area contributed by atoms with Gasteiger partial charge in [0.1, 0.15) is 11.4 Å². The van der Waals surface area contributed by atoms with Crippen LogP contribution in [0.5, 0.6) is 0 Å². The fourth-order valence-corrected chi connectivity index (χ4v) is 1.75. The van der Waals surface area contributed by atoms with Gasteiger partial charge in [0.15, 0.2) is 0 Å². The minimum Gasteiger partial charge on any atom is -0.304 e. The van der Waals surface area contributed by atoms with Gasteiger partial charge in [0, 0.05) is 17.6 Å². The normalized spacial score (nSPS) is 12.6. The second kappa shape index (κ2) is 5.29. The van der Waals surface area contributed by atoms with Crippen molar-refractivity contribution in [1.82, 2.24) is 15.6 Å². The predicted octanol–water partition coefficient (Wildman–Crippen LogP) is 2.88. The van der Waals surface area contributed by atoms with Crippen LogP contribution in [0.2, 0.25) is 5.02 Å². The zero-order chi connectivity index (χ0) is 12.3. The maximum atomic E-state index is 5.95. The van der Waals surface area contributed by atoms with Crippen molar-refractivity contribution < 1.29 is 4.63 Å². The molecule has 0 amide bonds. The molecule has 0 saturated carbocycles. The van der Waals surface area contributed by atoms with Gasteiger partial charge in [-0.05, 0) is 31.5 Å². The first kappa shape index (κ1) is 12.1. The van der Waals surface area contributed by atoms with Crippen molar-refractivity contribution in [2.24, 2.45) is 0 Å². The fourth-order valence-electron chi connectivity index (χ4n) is 1.55. The van der Waals surface area contributed by atoms with Gasteiger partial charge < -0.3 is 5.32 Å². The molecule has 4 nitrogen and oxygen atoms in total. The molecule has 1 N–H and O–H groups in total. The summed E-state index contributed by atoms with van der Waals surface area (Å²) < 4.78 is 4.64. The molecule has 1 heterocycles. The summed E-state index contributed by atoms with van der Waals surface area (Å²) in [6.45, 7) is 4.58. The van der Waals surface area contributed by atoms with Gasteiger partial charge in [-0.3, -0.25) is 0 Å². The first-order chi connectivity index (χ1) is 8.16. The Hall–Kier alpha value is -1.39. The number of nitrogens with zero attached hydrogens (tertiary/aromatic N) is 2. The van der Waals surface area contributed by atoms with E-state index in [-0.39, 0.29) is 6.04 Å². The van der Waals surface area contributed by atoms with Crippen molar-refractivity contribution in [3.63, 3.8) is 0 Å². The van der Waals surface area contributed by atoms with E-state index in [1.807, 2.05) is 31.2 Å². The van der Waals surface area contributed by atoms with Gasteiger partial charge in [-0.25, -0.2) is 4.63 Å². The van der Waals surface area contributed by atoms with E-state index in [4.69, 9.17) is 11.6 Å². The topological polar surface area (TPSA) is 51.0 Å². The first-order valence-corrected chi connectivity index (χ1v) is 5.81. The monoisotopic (exact) mass is 251 g/mol. The largest absolute Gasteiger partial charge is 0.304 e. The molecular formula is C12H14ClN3O. The Kier molecular flexibility index (Phi) is 3.76. The van der Waals surface area contributed by atoms with Crippen LogP contribution >= 0.6 is 11.6 Å². The zero-order valence-electron chi connectivity index (χ0n) is 9.77. The fraction of sp³-hybridized carbons (Fsp3) is 0.333. The molecule has 1 aromatic heterocycles. The number of hydrogen-bond acceptors (Lipinski definition) is 4. The van der Waals surface area contributed by atoms with Gasteiger partial charge in [-0.2, -0.15) is 0 Å². The van der Waals surface area contributed by atoms with Crippen LogP contribution in [0.25, 0.3) is 0 Å². The molecular weight excluding hydrogens is 238 g/mol. The Morgan fingerprint density at radius 1 is 1.41 bits per heavy atom. The molecule has 0 bridgehead atoms. The molecule has 0 fully saturated rings. The third-order valence-corrected chi connectivity index (χ3v) is 2.91. The van der Waals surface area contributed by atoms with Crippen LogP contribution in [0.1, 0.15) is 29.9 Å². The van der Waals surface area contributed by atoms with E-state index in [0.29, 0.717) is 6.54 Å². The molecule has 0 aliphatic rings. The molecule has 1 atom stereocenters. The van der Waals surface area contributed by atoms with E-state index >= 15 is 0 Å². The summed E-state index contributed by atoms with van der Waals surface area (Å²) in [5, 5.41) is 11.7. The van der Waals surface area contributed by atoms with Crippen molar-refractivity contribution in [2.75, 3.05) is 0 Å². The molecule has 0 aliphatic carbocycles. The maximum absolute atomic E-state index is 5.95. The first-order valence-electron chi connectivity index (χ1n) is 5.43. The van der Waals surface area contributed by atoms with E-state index in [1.54, 1.807) is 0 Å². The lowest BCUT2D eigenvalue weighted by molar-refractivity contribution is 0.300. The molecule has 90 valence electrons. The number of benzene rings is 1. The summed E-state index contributed by atoms with van der Waals surface area (Å²) in [5.41, 5.74) is 2.79. The van der Waals surface area contributed by atoms with Gasteiger partial charge in [-0.1, -0.05) is 34.0 Å². The van der Waals surface area contributed by atoms with E-state index in [2.05, 4.69) is 27.2 Å². The highest BCUT2D eigenvalue weighted by Crippen LogP contribution is 2.17. The number of halogens is 1. The van der Waals surface area contributed by atoms with Crippen LogP contribution in [0.15, 0.2) is 28.9 Å². The number of aromatic nitrogens is 2. The summed E-state index contributed by atoms with van der Waals surface area (Å²) >= 11 is 5.95. The quantitative estimate of drug-likeness (QED) is 0.908. The van der Waals surface area contributed by atoms with Crippen molar-refractivity contribution in [3.8, 4) is 0 Å². The Labute approximate surface area is 105 Å². The summed E-state index contributed by atoms with van der Waals surface area (Å²) in [4.78, 5) is 0. The van der Waals surface area contributed by atoms with Crippen molar-refractivity contribution >= 4 is 11.6 Å². The molecule has 0 aliphatic heterocycles. The van der Waals surface area contributed by atoms with Crippen LogP contribution in [0.4, 0.5) is 0 Å². The van der Waals surface area contributed by atoms with Crippen molar-refractivity contribution in [1.29, 1.82) is 0 Å². The number of hydrogen-bond donors (Lipinski definition) is 1. The van der Waals surface area contributed by atoms with Crippen LogP contribution in [-0.2, 0) is 6.54 Å². The van der Waals surface area contributed by atoms with Gasteiger partial charge >= 0.3 is 0 Å². The number of nitrogens with one attached hydrogen (secondary N) is 1. The summed E-state index contributed by atoms with van der Waals surface area (Å²) in [6, 6.07) is 8.00. The molecule has 0 unspecified atom stereocenters. The predicted molar refractivity (Wildman–Crippen MR) is 65.7 cm³/mol.